The van der Waals surface area contributed by atoms with Crippen molar-refractivity contribution < 1.29 is 9.13 Å². The van der Waals surface area contributed by atoms with E-state index in [1.54, 1.807) is 0 Å². The first kappa shape index (κ1) is 35.7. The molecule has 2 aromatic carbocycles. The van der Waals surface area contributed by atoms with Crippen LogP contribution in [0.5, 0.6) is 0 Å². The Morgan fingerprint density at radius 2 is 0.957 bits per heavy atom. The summed E-state index contributed by atoms with van der Waals surface area (Å²) in [5.41, 5.74) is 9.07. The highest BCUT2D eigenvalue weighted by Gasteiger charge is 2.80. The molecule has 1 saturated heterocycles. The molecule has 0 aliphatic carbocycles. The Morgan fingerprint density at radius 1 is 0.587 bits per heavy atom. The molecule has 6 unspecified atom stereocenters. The van der Waals surface area contributed by atoms with Gasteiger partial charge in [-0.25, -0.2) is 0 Å². The van der Waals surface area contributed by atoms with E-state index in [2.05, 4.69) is 147 Å². The van der Waals surface area contributed by atoms with Crippen molar-refractivity contribution in [1.82, 2.24) is 0 Å². The van der Waals surface area contributed by atoms with Crippen molar-refractivity contribution in [2.75, 3.05) is 0 Å². The van der Waals surface area contributed by atoms with E-state index >= 15 is 9.13 Å². The van der Waals surface area contributed by atoms with Crippen molar-refractivity contribution >= 4 is 24.9 Å². The predicted molar refractivity (Wildman–Crippen MR) is 204 cm³/mol. The summed E-state index contributed by atoms with van der Waals surface area (Å²) in [5, 5.41) is 1.50. The molecule has 3 heterocycles. The van der Waals surface area contributed by atoms with Crippen molar-refractivity contribution in [3.05, 3.63) is 80.7 Å². The molecule has 2 nitrogen and oxygen atoms in total. The van der Waals surface area contributed by atoms with Crippen molar-refractivity contribution in [2.24, 2.45) is 5.41 Å². The van der Waals surface area contributed by atoms with Gasteiger partial charge < -0.3 is 9.13 Å². The van der Waals surface area contributed by atoms with Crippen molar-refractivity contribution in [1.29, 1.82) is 0 Å². The number of allylic oxidation sites excluding steroid dienone is 3. The monoisotopic (exact) mass is 660 g/mol. The summed E-state index contributed by atoms with van der Waals surface area (Å²) in [6.45, 7) is 36.1. The highest BCUT2D eigenvalue weighted by Crippen LogP contribution is 2.90. The van der Waals surface area contributed by atoms with Gasteiger partial charge >= 0.3 is 0 Å². The van der Waals surface area contributed by atoms with Crippen LogP contribution in [0.2, 0.25) is 0 Å². The van der Waals surface area contributed by atoms with E-state index in [4.69, 9.17) is 0 Å². The molecule has 252 valence electrons. The molecule has 0 saturated carbocycles. The van der Waals surface area contributed by atoms with Crippen LogP contribution < -0.4 is 10.6 Å². The number of rotatable bonds is 8. The van der Waals surface area contributed by atoms with Crippen LogP contribution in [0.15, 0.2) is 47.3 Å². The molecule has 4 heteroatoms. The second-order valence-electron chi connectivity index (χ2n) is 17.3. The van der Waals surface area contributed by atoms with Crippen LogP contribution in [0, 0.1) is 5.41 Å². The van der Waals surface area contributed by atoms with Gasteiger partial charge in [-0.15, -0.1) is 0 Å². The minimum absolute atomic E-state index is 0.151. The molecule has 3 aliphatic rings. The van der Waals surface area contributed by atoms with Crippen LogP contribution >= 0.6 is 14.3 Å². The smallest absolute Gasteiger partial charge is 0.144 e. The zero-order valence-corrected chi connectivity index (χ0v) is 33.6. The summed E-state index contributed by atoms with van der Waals surface area (Å²) in [6, 6.07) is 9.43. The number of fused-ring (bicyclic) bond motifs is 5. The van der Waals surface area contributed by atoms with Crippen molar-refractivity contribution in [2.45, 2.75) is 163 Å². The lowest BCUT2D eigenvalue weighted by Crippen LogP contribution is -2.50. The first-order chi connectivity index (χ1) is 21.1. The van der Waals surface area contributed by atoms with Gasteiger partial charge in [-0.3, -0.25) is 0 Å². The quantitative estimate of drug-likeness (QED) is 0.209. The summed E-state index contributed by atoms with van der Waals surface area (Å²) < 4.78 is 33.4. The van der Waals surface area contributed by atoms with E-state index < -0.39 is 24.9 Å². The highest BCUT2D eigenvalue weighted by atomic mass is 31.2. The molecule has 0 radical (unpaired) electrons. The third-order valence-corrected chi connectivity index (χ3v) is 21.2. The molecule has 5 rings (SSSR count). The van der Waals surface area contributed by atoms with Crippen LogP contribution in [0.25, 0.3) is 0 Å². The molecule has 2 aromatic rings. The second kappa shape index (κ2) is 11.5. The SMILES string of the molecule is CC1=CC2C3(C)C(C)(C(C)=CP3(=O)c3c(C(C)C)cc(C(C)C)cc3C(C)C)C1P2(=O)c1c(C(C)C)cc(C(C)C)cc1C(C)C. The molecule has 0 N–H and O–H groups in total. The first-order valence-corrected chi connectivity index (χ1v) is 21.7. The van der Waals surface area contributed by atoms with Gasteiger partial charge in [0.2, 0.25) is 0 Å². The van der Waals surface area contributed by atoms with E-state index in [1.165, 1.54) is 44.5 Å². The molecule has 3 aliphatic heterocycles. The Bertz CT molecular complexity index is 1670. The molecule has 46 heavy (non-hydrogen) atoms. The third kappa shape index (κ3) is 4.47. The topological polar surface area (TPSA) is 34.1 Å². The van der Waals surface area contributed by atoms with Crippen LogP contribution in [0.3, 0.4) is 0 Å². The number of benzene rings is 2. The number of hydrogen-bond donors (Lipinski definition) is 0. The largest absolute Gasteiger partial charge is 0.317 e. The van der Waals surface area contributed by atoms with E-state index in [0.29, 0.717) is 11.8 Å². The maximum atomic E-state index is 16.8. The lowest BCUT2D eigenvalue weighted by Gasteiger charge is -2.47. The first-order valence-electron chi connectivity index (χ1n) is 18.1. The average molecular weight is 661 g/mol. The van der Waals surface area contributed by atoms with E-state index in [0.717, 1.165) is 10.6 Å². The molecule has 0 spiro atoms. The lowest BCUT2D eigenvalue weighted by atomic mass is 9.65. The Balaban J connectivity index is 1.91. The Kier molecular flexibility index (Phi) is 8.91. The summed E-state index contributed by atoms with van der Waals surface area (Å²) in [6.07, 6.45) is 2.34. The van der Waals surface area contributed by atoms with Gasteiger partial charge in [-0.2, -0.15) is 0 Å². The maximum absolute atomic E-state index is 16.8. The van der Waals surface area contributed by atoms with Crippen LogP contribution in [0.1, 0.15) is 180 Å². The minimum Gasteiger partial charge on any atom is -0.317 e. The fourth-order valence-corrected chi connectivity index (χ4v) is 21.2. The zero-order chi connectivity index (χ0) is 34.6. The minimum atomic E-state index is -3.24. The molecule has 1 fully saturated rings. The Labute approximate surface area is 282 Å². The Hall–Kier alpha value is -1.62. The summed E-state index contributed by atoms with van der Waals surface area (Å²) in [5.74, 6) is 3.93. The number of hydrogen-bond acceptors (Lipinski definition) is 2. The lowest BCUT2D eigenvalue weighted by molar-refractivity contribution is 0.309. The van der Waals surface area contributed by atoms with Gasteiger partial charge in [0.15, 0.2) is 0 Å². The summed E-state index contributed by atoms with van der Waals surface area (Å²) in [7, 11) is -6.38. The van der Waals surface area contributed by atoms with Crippen LogP contribution in [-0.2, 0) is 9.13 Å². The third-order valence-electron chi connectivity index (χ3n) is 12.6. The van der Waals surface area contributed by atoms with Gasteiger partial charge in [0, 0.05) is 27.3 Å². The maximum Gasteiger partial charge on any atom is 0.144 e. The standard InChI is InChI=1S/C42H62O2P2/c1-23(2)31-18-33(25(5)6)38(34(19-31)26(7)8)45(43)22-30(14)41(15)40-29(13)17-37(42(41,45)16)46(40,44)39-35(27(9)10)20-32(24(3)4)21-36(39)28(11)12/h17-28,37,40H,1-16H3. The summed E-state index contributed by atoms with van der Waals surface area (Å²) in [4.78, 5) is 0. The van der Waals surface area contributed by atoms with E-state index in [9.17, 15) is 0 Å². The van der Waals surface area contributed by atoms with Crippen LogP contribution in [-0.4, -0.2) is 16.5 Å². The van der Waals surface area contributed by atoms with Gasteiger partial charge in [0.05, 0.1) is 5.16 Å². The normalized spacial score (nSPS) is 32.1. The predicted octanol–water partition coefficient (Wildman–Crippen LogP) is 12.5. The highest BCUT2D eigenvalue weighted by molar-refractivity contribution is 7.80. The van der Waals surface area contributed by atoms with Gasteiger partial charge in [-0.05, 0) is 88.6 Å². The van der Waals surface area contributed by atoms with Gasteiger partial charge in [-0.1, -0.05) is 138 Å². The van der Waals surface area contributed by atoms with Gasteiger partial charge in [0.25, 0.3) is 0 Å². The van der Waals surface area contributed by atoms with Crippen molar-refractivity contribution in [3.8, 4) is 0 Å². The van der Waals surface area contributed by atoms with Crippen LogP contribution in [0.4, 0.5) is 0 Å². The average Bonchev–Trinajstić information content (AvgIpc) is 3.39. The molecule has 2 bridgehead atoms. The fourth-order valence-electron chi connectivity index (χ4n) is 9.76. The summed E-state index contributed by atoms with van der Waals surface area (Å²) >= 11 is 0. The zero-order valence-electron chi connectivity index (χ0n) is 31.8. The molecule has 0 amide bonds. The molecular weight excluding hydrogens is 598 g/mol. The Morgan fingerprint density at radius 3 is 1.30 bits per heavy atom. The fraction of sp³-hybridized carbons (Fsp3) is 0.619. The van der Waals surface area contributed by atoms with E-state index in [1.807, 2.05) is 0 Å². The van der Waals surface area contributed by atoms with Gasteiger partial charge in [0.1, 0.15) is 14.3 Å². The molecule has 6 atom stereocenters. The molecule has 0 aromatic heterocycles. The van der Waals surface area contributed by atoms with E-state index in [-0.39, 0.29) is 35.0 Å². The van der Waals surface area contributed by atoms with Crippen molar-refractivity contribution in [3.63, 3.8) is 0 Å². The molecular formula is C42H62O2P2. The second-order valence-corrected chi connectivity index (χ2v) is 23.2.